The molecule has 0 amide bonds. The monoisotopic (exact) mass is 212 g/mol. The van der Waals surface area contributed by atoms with E-state index in [1.54, 1.807) is 0 Å². The van der Waals surface area contributed by atoms with E-state index in [2.05, 4.69) is 31.2 Å². The van der Waals surface area contributed by atoms with Crippen LogP contribution in [0.25, 0.3) is 0 Å². The van der Waals surface area contributed by atoms with Gasteiger partial charge in [-0.05, 0) is 0 Å². The van der Waals surface area contributed by atoms with Crippen LogP contribution in [0.5, 0.6) is 0 Å². The third-order valence-corrected chi connectivity index (χ3v) is 1.88. The summed E-state index contributed by atoms with van der Waals surface area (Å²) in [6.07, 6.45) is 0. The molecule has 0 spiro atoms. The van der Waals surface area contributed by atoms with Crippen LogP contribution in [0.1, 0.15) is 5.56 Å². The van der Waals surface area contributed by atoms with E-state index < -0.39 is 7.82 Å². The Kier molecular flexibility index (Phi) is 6.09. The Morgan fingerprint density at radius 1 is 1.15 bits per heavy atom. The fourth-order valence-corrected chi connectivity index (χ4v) is 0.970. The van der Waals surface area contributed by atoms with Crippen LogP contribution in [-0.2, 0) is 4.57 Å². The fourth-order valence-electron chi connectivity index (χ4n) is 0.637. The van der Waals surface area contributed by atoms with Gasteiger partial charge in [-0.2, -0.15) is 0 Å². The van der Waals surface area contributed by atoms with Crippen LogP contribution in [0.3, 0.4) is 0 Å². The maximum Gasteiger partial charge on any atom is 0.466 e. The van der Waals surface area contributed by atoms with Crippen molar-refractivity contribution >= 4 is 38.6 Å². The molecule has 0 radical (unpaired) electrons. The Morgan fingerprint density at radius 3 is 1.69 bits per heavy atom. The Hall–Kier alpha value is 0.330. The van der Waals surface area contributed by atoms with Crippen molar-refractivity contribution in [1.29, 1.82) is 0 Å². The molecule has 0 aromatic heterocycles. The van der Waals surface area contributed by atoms with Crippen molar-refractivity contribution in [1.82, 2.24) is 0 Å². The van der Waals surface area contributed by atoms with Crippen molar-refractivity contribution in [2.75, 3.05) is 0 Å². The summed E-state index contributed by atoms with van der Waals surface area (Å²) in [5.74, 6) is 0. The van der Waals surface area contributed by atoms with Crippen LogP contribution in [0.4, 0.5) is 0 Å². The number of rotatable bonds is 0. The van der Waals surface area contributed by atoms with Gasteiger partial charge in [-0.3, -0.25) is 0 Å². The van der Waals surface area contributed by atoms with Crippen LogP contribution in [-0.4, -0.2) is 42.6 Å². The molecule has 0 heterocycles. The molecule has 6 heteroatoms. The van der Waals surface area contributed by atoms with E-state index in [0.29, 0.717) is 0 Å². The summed E-state index contributed by atoms with van der Waals surface area (Å²) in [6.45, 7) is 2.11. The van der Waals surface area contributed by atoms with Crippen LogP contribution in [0.2, 0.25) is 0 Å². The minimum absolute atomic E-state index is 1.17. The predicted molar refractivity (Wildman–Crippen MR) is 50.8 cm³/mol. The van der Waals surface area contributed by atoms with Crippen LogP contribution >= 0.6 is 7.82 Å². The molecule has 1 rings (SSSR count). The van der Waals surface area contributed by atoms with Crippen molar-refractivity contribution in [3.05, 3.63) is 29.8 Å². The topological polar surface area (TPSA) is 77.8 Å². The molecule has 0 fully saturated rings. The van der Waals surface area contributed by atoms with Gasteiger partial charge in [0.25, 0.3) is 0 Å². The first-order valence-electron chi connectivity index (χ1n) is 3.60. The third kappa shape index (κ3) is 12.3. The number of phosphoric acid groups is 1. The van der Waals surface area contributed by atoms with Crippen molar-refractivity contribution in [3.63, 3.8) is 0 Å². The number of aryl methyl sites for hydroxylation is 1. The van der Waals surface area contributed by atoms with Gasteiger partial charge < -0.3 is 14.7 Å². The first-order valence-corrected chi connectivity index (χ1v) is 6.17. The fraction of sp³-hybridized carbons (Fsp3) is 0.143. The van der Waals surface area contributed by atoms with E-state index in [1.165, 1.54) is 36.3 Å². The molecule has 0 saturated heterocycles. The van der Waals surface area contributed by atoms with Gasteiger partial charge in [0.15, 0.2) is 0 Å². The van der Waals surface area contributed by atoms with Gasteiger partial charge >= 0.3 is 75.3 Å². The third-order valence-electron chi connectivity index (χ3n) is 1.22. The molecule has 0 atom stereocenters. The summed E-state index contributed by atoms with van der Waals surface area (Å²) < 4.78 is 10.4. The molecule has 3 N–H and O–H groups in total. The van der Waals surface area contributed by atoms with Gasteiger partial charge in [0.1, 0.15) is 0 Å². The number of hydrogen-bond acceptors (Lipinski definition) is 1. The summed E-state index contributed by atoms with van der Waals surface area (Å²) in [7, 11) is -4.64. The summed E-state index contributed by atoms with van der Waals surface area (Å²) in [4.78, 5) is 21.6. The van der Waals surface area contributed by atoms with Crippen molar-refractivity contribution in [3.8, 4) is 0 Å². The zero-order valence-electron chi connectivity index (χ0n) is 7.51. The molecule has 68 valence electrons. The SMILES string of the molecule is Cc1cc[c]([Na])cc1.O=P(O)(O)O. The summed E-state index contributed by atoms with van der Waals surface area (Å²) in [6, 6.07) is 8.67. The van der Waals surface area contributed by atoms with Crippen LogP contribution in [0, 0.1) is 6.92 Å². The van der Waals surface area contributed by atoms with Crippen LogP contribution in [0.15, 0.2) is 24.3 Å². The predicted octanol–water partition coefficient (Wildman–Crippen LogP) is -0.140. The van der Waals surface area contributed by atoms with E-state index in [0.717, 1.165) is 0 Å². The van der Waals surface area contributed by atoms with Crippen molar-refractivity contribution in [2.24, 2.45) is 0 Å². The van der Waals surface area contributed by atoms with Gasteiger partial charge in [0.2, 0.25) is 0 Å². The first kappa shape index (κ1) is 13.3. The molecule has 0 aliphatic carbocycles. The number of hydrogen-bond donors (Lipinski definition) is 3. The zero-order chi connectivity index (χ0) is 10.5. The average molecular weight is 212 g/mol. The maximum atomic E-state index is 8.88. The second-order valence-electron chi connectivity index (χ2n) is 2.67. The first-order chi connectivity index (χ1) is 5.79. The minimum Gasteiger partial charge on any atom is -0.303 e. The average Bonchev–Trinajstić information content (AvgIpc) is 1.92. The summed E-state index contributed by atoms with van der Waals surface area (Å²) in [5, 5.41) is 0. The molecule has 0 bridgehead atoms. The second kappa shape index (κ2) is 5.94. The Labute approximate surface area is 94.3 Å². The number of benzene rings is 1. The molecular weight excluding hydrogens is 202 g/mol. The molecule has 4 nitrogen and oxygen atoms in total. The van der Waals surface area contributed by atoms with Crippen LogP contribution < -0.4 is 2.81 Å². The van der Waals surface area contributed by atoms with Gasteiger partial charge in [-0.25, -0.2) is 4.57 Å². The molecule has 13 heavy (non-hydrogen) atoms. The standard InChI is InChI=1S/C7H7.Na.H3O4P/c1-7-5-3-2-4-6-7;;1-5(2,3)4/h3-6H,1H3;;(H3,1,2,3,4). The molecule has 1 aromatic rings. The van der Waals surface area contributed by atoms with Gasteiger partial charge in [-0.15, -0.1) is 0 Å². The van der Waals surface area contributed by atoms with Crippen molar-refractivity contribution < 1.29 is 19.2 Å². The summed E-state index contributed by atoms with van der Waals surface area (Å²) in [5.41, 5.74) is 1.35. The smallest absolute Gasteiger partial charge is 0.303 e. The van der Waals surface area contributed by atoms with E-state index in [-0.39, 0.29) is 0 Å². The Bertz CT molecular complexity index is 263. The Balaban J connectivity index is 0.000000252. The van der Waals surface area contributed by atoms with Gasteiger partial charge in [-0.1, -0.05) is 0 Å². The zero-order valence-corrected chi connectivity index (χ0v) is 10.4. The van der Waals surface area contributed by atoms with Gasteiger partial charge in [0.05, 0.1) is 0 Å². The Morgan fingerprint density at radius 2 is 1.46 bits per heavy atom. The molecule has 0 saturated carbocycles. The molecule has 1 aromatic carbocycles. The van der Waals surface area contributed by atoms with Gasteiger partial charge in [0, 0.05) is 0 Å². The molecule has 0 aliphatic heterocycles. The van der Waals surface area contributed by atoms with E-state index in [4.69, 9.17) is 19.2 Å². The molecule has 0 unspecified atom stereocenters. The van der Waals surface area contributed by atoms with E-state index in [9.17, 15) is 0 Å². The minimum atomic E-state index is -4.64. The quantitative estimate of drug-likeness (QED) is 0.413. The normalized spacial score (nSPS) is 10.3. The van der Waals surface area contributed by atoms with Crippen molar-refractivity contribution in [2.45, 2.75) is 6.92 Å². The van der Waals surface area contributed by atoms with E-state index in [1.807, 2.05) is 0 Å². The second-order valence-corrected chi connectivity index (χ2v) is 4.85. The molecule has 0 aliphatic rings. The maximum absolute atomic E-state index is 8.88. The van der Waals surface area contributed by atoms with E-state index >= 15 is 0 Å². The summed E-state index contributed by atoms with van der Waals surface area (Å²) >= 11 is 1.17. The largest absolute Gasteiger partial charge is 0.466 e. The molecular formula is C7H10NaO4P.